The maximum absolute atomic E-state index is 12.8. The first-order valence-electron chi connectivity index (χ1n) is 11.1. The fourth-order valence-electron chi connectivity index (χ4n) is 4.35. The fourth-order valence-corrected chi connectivity index (χ4v) is 4.35. The van der Waals surface area contributed by atoms with E-state index in [4.69, 9.17) is 0 Å². The quantitative estimate of drug-likeness (QED) is 0.428. The number of nitrogens with zero attached hydrogens (tertiary/aromatic N) is 1. The van der Waals surface area contributed by atoms with Crippen molar-refractivity contribution in [3.63, 3.8) is 0 Å². The number of phenols is 2. The molecule has 32 heavy (non-hydrogen) atoms. The minimum atomic E-state index is -0.200. The number of para-hydroxylation sites is 1. The molecule has 3 aromatic rings. The zero-order valence-electron chi connectivity index (χ0n) is 18.0. The first-order chi connectivity index (χ1) is 15.5. The van der Waals surface area contributed by atoms with Crippen molar-refractivity contribution >= 4 is 22.7 Å². The highest BCUT2D eigenvalue weighted by Crippen LogP contribution is 2.25. The zero-order valence-corrected chi connectivity index (χ0v) is 18.0. The van der Waals surface area contributed by atoms with Gasteiger partial charge in [0.25, 0.3) is 0 Å². The number of carbonyl (C=O) groups is 2. The van der Waals surface area contributed by atoms with Crippen LogP contribution in [0.15, 0.2) is 48.7 Å². The van der Waals surface area contributed by atoms with Crippen LogP contribution in [0.1, 0.15) is 30.4 Å². The van der Waals surface area contributed by atoms with Crippen molar-refractivity contribution in [1.29, 1.82) is 0 Å². The van der Waals surface area contributed by atoms with Crippen LogP contribution in [0.5, 0.6) is 11.5 Å². The van der Waals surface area contributed by atoms with E-state index < -0.39 is 0 Å². The third-order valence-electron chi connectivity index (χ3n) is 6.18. The first-order valence-corrected chi connectivity index (χ1v) is 11.1. The molecule has 0 bridgehead atoms. The summed E-state index contributed by atoms with van der Waals surface area (Å²) in [5.41, 5.74) is 3.05. The van der Waals surface area contributed by atoms with Crippen LogP contribution in [0.2, 0.25) is 0 Å². The molecule has 7 nitrogen and oxygen atoms in total. The average Bonchev–Trinajstić information content (AvgIpc) is 3.23. The van der Waals surface area contributed by atoms with Gasteiger partial charge in [0.05, 0.1) is 5.92 Å². The Kier molecular flexibility index (Phi) is 6.63. The average molecular weight is 436 g/mol. The van der Waals surface area contributed by atoms with Gasteiger partial charge < -0.3 is 25.4 Å². The summed E-state index contributed by atoms with van der Waals surface area (Å²) in [6, 6.07) is 12.7. The highest BCUT2D eigenvalue weighted by atomic mass is 16.3. The molecule has 2 heterocycles. The number of aromatic nitrogens is 1. The molecule has 1 atom stereocenters. The van der Waals surface area contributed by atoms with E-state index in [1.807, 2.05) is 29.3 Å². The number of fused-ring (bicyclic) bond motifs is 1. The number of aromatic hydroxyl groups is 2. The van der Waals surface area contributed by atoms with E-state index in [2.05, 4.69) is 16.4 Å². The van der Waals surface area contributed by atoms with E-state index in [-0.39, 0.29) is 29.2 Å². The molecule has 0 spiro atoms. The third kappa shape index (κ3) is 5.04. The van der Waals surface area contributed by atoms with Gasteiger partial charge in [-0.25, -0.2) is 0 Å². The van der Waals surface area contributed by atoms with Gasteiger partial charge in [-0.15, -0.1) is 0 Å². The fraction of sp³-hybridized carbons (Fsp3) is 0.360. The van der Waals surface area contributed by atoms with Crippen molar-refractivity contribution < 1.29 is 19.8 Å². The highest BCUT2D eigenvalue weighted by Gasteiger charge is 2.28. The number of piperidine rings is 1. The molecule has 1 aliphatic rings. The van der Waals surface area contributed by atoms with Gasteiger partial charge in [0.2, 0.25) is 11.8 Å². The number of hydrogen-bond donors (Lipinski definition) is 4. The number of hydrogen-bond acceptors (Lipinski definition) is 4. The van der Waals surface area contributed by atoms with Crippen molar-refractivity contribution in [3.8, 4) is 11.5 Å². The summed E-state index contributed by atoms with van der Waals surface area (Å²) < 4.78 is 0. The smallest absolute Gasteiger partial charge is 0.224 e. The van der Waals surface area contributed by atoms with Crippen molar-refractivity contribution in [2.45, 2.75) is 32.1 Å². The monoisotopic (exact) mass is 435 g/mol. The summed E-state index contributed by atoms with van der Waals surface area (Å²) in [5, 5.41) is 23.1. The number of phenolic OH excluding ortho intramolecular Hbond substituents is 2. The Balaban J connectivity index is 1.25. The predicted molar refractivity (Wildman–Crippen MR) is 122 cm³/mol. The Morgan fingerprint density at radius 2 is 1.94 bits per heavy atom. The van der Waals surface area contributed by atoms with Gasteiger partial charge in [-0.3, -0.25) is 9.59 Å². The molecule has 0 aliphatic carbocycles. The SMILES string of the molecule is O=C(NCCc1ccc(O)c(O)c1)[C@H]1CCCN(C(=O)CCc2c[nH]c3ccccc23)C1. The molecular formula is C25H29N3O4. The minimum Gasteiger partial charge on any atom is -0.504 e. The lowest BCUT2D eigenvalue weighted by atomic mass is 9.96. The van der Waals surface area contributed by atoms with Crippen LogP contribution in [0.3, 0.4) is 0 Å². The van der Waals surface area contributed by atoms with E-state index in [1.165, 1.54) is 12.1 Å². The Hall–Kier alpha value is -3.48. The molecule has 0 radical (unpaired) electrons. The number of aryl methyl sites for hydroxylation is 1. The predicted octanol–water partition coefficient (Wildman–Crippen LogP) is 3.11. The molecule has 2 amide bonds. The Morgan fingerprint density at radius 3 is 2.78 bits per heavy atom. The van der Waals surface area contributed by atoms with Crippen LogP contribution in [-0.2, 0) is 22.4 Å². The number of benzene rings is 2. The van der Waals surface area contributed by atoms with Crippen molar-refractivity contribution in [2.24, 2.45) is 5.92 Å². The lowest BCUT2D eigenvalue weighted by Gasteiger charge is -2.32. The maximum Gasteiger partial charge on any atom is 0.224 e. The second-order valence-corrected chi connectivity index (χ2v) is 8.40. The van der Waals surface area contributed by atoms with Crippen LogP contribution < -0.4 is 5.32 Å². The Labute approximate surface area is 187 Å². The lowest BCUT2D eigenvalue weighted by Crippen LogP contribution is -2.45. The first kappa shape index (κ1) is 21.7. The number of carbonyl (C=O) groups excluding carboxylic acids is 2. The van der Waals surface area contributed by atoms with E-state index in [1.54, 1.807) is 6.07 Å². The van der Waals surface area contributed by atoms with Crippen LogP contribution in [0.25, 0.3) is 10.9 Å². The standard InChI is InChI=1S/C25H29N3O4/c29-22-9-7-17(14-23(22)30)11-12-26-25(32)19-4-3-13-28(16-19)24(31)10-8-18-15-27-21-6-2-1-5-20(18)21/h1-2,5-7,9,14-15,19,27,29-30H,3-4,8,10-13,16H2,(H,26,32)/t19-/m0/s1. The van der Waals surface area contributed by atoms with E-state index in [0.29, 0.717) is 38.9 Å². The summed E-state index contributed by atoms with van der Waals surface area (Å²) in [7, 11) is 0. The molecule has 0 unspecified atom stereocenters. The molecule has 1 fully saturated rings. The molecule has 0 saturated carbocycles. The molecule has 1 aliphatic heterocycles. The molecule has 4 rings (SSSR count). The Morgan fingerprint density at radius 1 is 1.09 bits per heavy atom. The molecule has 4 N–H and O–H groups in total. The van der Waals surface area contributed by atoms with Gasteiger partial charge in [0.1, 0.15) is 0 Å². The topological polar surface area (TPSA) is 106 Å². The number of H-pyrrole nitrogens is 1. The van der Waals surface area contributed by atoms with E-state index in [0.717, 1.165) is 34.9 Å². The van der Waals surface area contributed by atoms with Crippen molar-refractivity contribution in [1.82, 2.24) is 15.2 Å². The number of likely N-dealkylation sites (tertiary alicyclic amines) is 1. The summed E-state index contributed by atoms with van der Waals surface area (Å²) in [6.45, 7) is 1.59. The molecule has 7 heteroatoms. The molecular weight excluding hydrogens is 406 g/mol. The molecule has 1 aromatic heterocycles. The molecule has 2 aromatic carbocycles. The highest BCUT2D eigenvalue weighted by molar-refractivity contribution is 5.84. The van der Waals surface area contributed by atoms with Gasteiger partial charge in [0, 0.05) is 43.2 Å². The van der Waals surface area contributed by atoms with Crippen LogP contribution in [-0.4, -0.2) is 51.5 Å². The summed E-state index contributed by atoms with van der Waals surface area (Å²) in [4.78, 5) is 30.5. The zero-order chi connectivity index (χ0) is 22.5. The number of amides is 2. The number of aromatic amines is 1. The minimum absolute atomic E-state index is 0.0397. The largest absolute Gasteiger partial charge is 0.504 e. The van der Waals surface area contributed by atoms with Crippen LogP contribution >= 0.6 is 0 Å². The second-order valence-electron chi connectivity index (χ2n) is 8.40. The van der Waals surface area contributed by atoms with Crippen LogP contribution in [0, 0.1) is 5.92 Å². The molecule has 1 saturated heterocycles. The van der Waals surface area contributed by atoms with Crippen molar-refractivity contribution in [3.05, 3.63) is 59.8 Å². The van der Waals surface area contributed by atoms with Crippen molar-refractivity contribution in [2.75, 3.05) is 19.6 Å². The maximum atomic E-state index is 12.8. The van der Waals surface area contributed by atoms with Crippen LogP contribution in [0.4, 0.5) is 0 Å². The number of rotatable bonds is 7. The Bertz CT molecular complexity index is 1110. The molecule has 168 valence electrons. The van der Waals surface area contributed by atoms with Gasteiger partial charge in [-0.2, -0.15) is 0 Å². The summed E-state index contributed by atoms with van der Waals surface area (Å²) >= 11 is 0. The van der Waals surface area contributed by atoms with E-state index >= 15 is 0 Å². The summed E-state index contributed by atoms with van der Waals surface area (Å²) in [6.07, 6.45) is 5.23. The number of nitrogens with one attached hydrogen (secondary N) is 2. The van der Waals surface area contributed by atoms with Gasteiger partial charge in [-0.1, -0.05) is 24.3 Å². The summed E-state index contributed by atoms with van der Waals surface area (Å²) in [5.74, 6) is -0.471. The lowest BCUT2D eigenvalue weighted by molar-refractivity contribution is -0.135. The van der Waals surface area contributed by atoms with E-state index in [9.17, 15) is 19.8 Å². The van der Waals surface area contributed by atoms with Gasteiger partial charge in [-0.05, 0) is 55.0 Å². The normalized spacial score (nSPS) is 16.2. The third-order valence-corrected chi connectivity index (χ3v) is 6.18. The van der Waals surface area contributed by atoms with Gasteiger partial charge >= 0.3 is 0 Å². The second kappa shape index (κ2) is 9.77. The van der Waals surface area contributed by atoms with Gasteiger partial charge in [0.15, 0.2) is 11.5 Å².